The van der Waals surface area contributed by atoms with E-state index in [0.717, 1.165) is 0 Å². The van der Waals surface area contributed by atoms with Gasteiger partial charge in [0.1, 0.15) is 0 Å². The maximum atomic E-state index is 12.6. The summed E-state index contributed by atoms with van der Waals surface area (Å²) >= 11 is 5.49. The van der Waals surface area contributed by atoms with Crippen LogP contribution in [0.5, 0.6) is 0 Å². The second-order valence-corrected chi connectivity index (χ2v) is 7.18. The average molecular weight is 362 g/mol. The van der Waals surface area contributed by atoms with Crippen molar-refractivity contribution in [3.8, 4) is 0 Å². The maximum absolute atomic E-state index is 12.6. The van der Waals surface area contributed by atoms with E-state index in [9.17, 15) is 18.0 Å². The van der Waals surface area contributed by atoms with Gasteiger partial charge in [0.05, 0.1) is 17.2 Å². The number of aliphatic carboxylic acids is 1. The van der Waals surface area contributed by atoms with Crippen molar-refractivity contribution in [3.63, 3.8) is 0 Å². The third-order valence-corrected chi connectivity index (χ3v) is 5.40. The Morgan fingerprint density at radius 2 is 1.78 bits per heavy atom. The number of hydrogen-bond acceptors (Lipinski definition) is 4. The molecule has 1 aromatic rings. The Bertz CT molecular complexity index is 670. The number of rotatable bonds is 9. The van der Waals surface area contributed by atoms with Gasteiger partial charge in [-0.25, -0.2) is 13.1 Å². The van der Waals surface area contributed by atoms with Crippen molar-refractivity contribution in [2.75, 3.05) is 0 Å². The second kappa shape index (κ2) is 8.42. The van der Waals surface area contributed by atoms with E-state index in [1.165, 1.54) is 18.2 Å². The largest absolute Gasteiger partial charge is 0.481 e. The Balaban J connectivity index is 3.33. The fourth-order valence-corrected chi connectivity index (χ4v) is 4.11. The van der Waals surface area contributed by atoms with Gasteiger partial charge in [-0.15, -0.1) is 0 Å². The number of sulfonamides is 1. The third-order valence-electron chi connectivity index (χ3n) is 3.54. The van der Waals surface area contributed by atoms with Crippen molar-refractivity contribution in [2.24, 2.45) is 0 Å². The van der Waals surface area contributed by atoms with Crippen LogP contribution in [0.1, 0.15) is 44.6 Å². The van der Waals surface area contributed by atoms with Gasteiger partial charge in [-0.2, -0.15) is 0 Å². The molecule has 0 aliphatic heterocycles. The van der Waals surface area contributed by atoms with E-state index in [-0.39, 0.29) is 16.5 Å². The predicted octanol–water partition coefficient (Wildman–Crippen LogP) is 2.48. The first-order chi connectivity index (χ1) is 10.7. The van der Waals surface area contributed by atoms with Gasteiger partial charge in [0.2, 0.25) is 15.3 Å². The molecule has 1 atom stereocenters. The van der Waals surface area contributed by atoms with Crippen LogP contribution in [0.15, 0.2) is 29.2 Å². The molecule has 0 fully saturated rings. The summed E-state index contributed by atoms with van der Waals surface area (Å²) < 4.78 is 27.7. The van der Waals surface area contributed by atoms with Crippen LogP contribution in [0, 0.1) is 0 Å². The number of carboxylic acids is 1. The zero-order valence-corrected chi connectivity index (χ0v) is 14.5. The normalized spacial score (nSPS) is 13.0. The fraction of sp³-hybridized carbons (Fsp3) is 0.467. The number of halogens is 1. The van der Waals surface area contributed by atoms with E-state index in [0.29, 0.717) is 12.8 Å². The molecule has 128 valence electrons. The molecular weight excluding hydrogens is 342 g/mol. The third kappa shape index (κ3) is 5.30. The minimum atomic E-state index is -3.88. The van der Waals surface area contributed by atoms with Gasteiger partial charge < -0.3 is 5.11 Å². The number of hydrogen-bond donors (Lipinski definition) is 2. The molecule has 1 rings (SSSR count). The van der Waals surface area contributed by atoms with E-state index in [1.807, 2.05) is 13.8 Å². The van der Waals surface area contributed by atoms with E-state index in [1.54, 1.807) is 6.07 Å². The van der Waals surface area contributed by atoms with Crippen LogP contribution in [0.2, 0.25) is 0 Å². The molecule has 0 heterocycles. The minimum Gasteiger partial charge on any atom is -0.481 e. The molecule has 1 aromatic carbocycles. The molecule has 0 saturated heterocycles. The molecule has 0 aliphatic carbocycles. The van der Waals surface area contributed by atoms with Crippen LogP contribution in [-0.4, -0.2) is 30.8 Å². The summed E-state index contributed by atoms with van der Waals surface area (Å²) in [4.78, 5) is 22.4. The lowest BCUT2D eigenvalue weighted by molar-refractivity contribution is -0.138. The van der Waals surface area contributed by atoms with Crippen molar-refractivity contribution >= 4 is 32.8 Å². The monoisotopic (exact) mass is 361 g/mol. The summed E-state index contributed by atoms with van der Waals surface area (Å²) in [5.74, 6) is -2.45. The highest BCUT2D eigenvalue weighted by atomic mass is 35.5. The van der Waals surface area contributed by atoms with Crippen molar-refractivity contribution in [3.05, 3.63) is 29.8 Å². The Morgan fingerprint density at radius 1 is 1.22 bits per heavy atom. The Hall–Kier alpha value is -1.44. The molecule has 23 heavy (non-hydrogen) atoms. The van der Waals surface area contributed by atoms with Gasteiger partial charge in [-0.1, -0.05) is 32.0 Å². The Labute approximate surface area is 140 Å². The standard InChI is InChI=1S/C15H20ClNO5S/c1-3-10(4-2)17-23(21,22)13-8-6-5-7-11(13)12(15(16)20)9-14(18)19/h5-8,10,12,17H,3-4,9H2,1-2H3,(H,18,19). The number of benzene rings is 1. The predicted molar refractivity (Wildman–Crippen MR) is 87.0 cm³/mol. The summed E-state index contributed by atoms with van der Waals surface area (Å²) in [6.07, 6.45) is 0.662. The second-order valence-electron chi connectivity index (χ2n) is 5.13. The van der Waals surface area contributed by atoms with E-state index in [4.69, 9.17) is 16.7 Å². The Morgan fingerprint density at radius 3 is 2.26 bits per heavy atom. The number of carbonyl (C=O) groups excluding carboxylic acids is 1. The fourth-order valence-electron chi connectivity index (χ4n) is 2.24. The molecule has 6 nitrogen and oxygen atoms in total. The average Bonchev–Trinajstić information content (AvgIpc) is 2.50. The minimum absolute atomic E-state index is 0.0911. The summed E-state index contributed by atoms with van der Waals surface area (Å²) in [6, 6.07) is 5.57. The van der Waals surface area contributed by atoms with Crippen LogP contribution in [0.4, 0.5) is 0 Å². The van der Waals surface area contributed by atoms with Gasteiger partial charge >= 0.3 is 5.97 Å². The van der Waals surface area contributed by atoms with E-state index in [2.05, 4.69) is 4.72 Å². The molecule has 0 saturated carbocycles. The first kappa shape index (κ1) is 19.6. The van der Waals surface area contributed by atoms with Crippen LogP contribution in [0.25, 0.3) is 0 Å². The molecular formula is C15H20ClNO5S. The van der Waals surface area contributed by atoms with Crippen LogP contribution in [-0.2, 0) is 19.6 Å². The van der Waals surface area contributed by atoms with E-state index >= 15 is 0 Å². The van der Waals surface area contributed by atoms with Crippen molar-refractivity contribution in [1.29, 1.82) is 0 Å². The summed E-state index contributed by atoms with van der Waals surface area (Å²) in [5, 5.41) is 8.03. The van der Waals surface area contributed by atoms with Gasteiger partial charge in [-0.05, 0) is 36.1 Å². The molecule has 1 unspecified atom stereocenters. The van der Waals surface area contributed by atoms with Gasteiger partial charge in [-0.3, -0.25) is 9.59 Å². The molecule has 0 radical (unpaired) electrons. The molecule has 0 aliphatic rings. The van der Waals surface area contributed by atoms with Crippen LogP contribution >= 0.6 is 11.6 Å². The van der Waals surface area contributed by atoms with E-state index < -0.39 is 33.6 Å². The van der Waals surface area contributed by atoms with Gasteiger partial charge in [0, 0.05) is 6.04 Å². The quantitative estimate of drug-likeness (QED) is 0.658. The zero-order valence-electron chi connectivity index (χ0n) is 13.0. The van der Waals surface area contributed by atoms with Crippen LogP contribution in [0.3, 0.4) is 0 Å². The Kier molecular flexibility index (Phi) is 7.18. The first-order valence-corrected chi connectivity index (χ1v) is 9.11. The highest BCUT2D eigenvalue weighted by Crippen LogP contribution is 2.29. The highest BCUT2D eigenvalue weighted by molar-refractivity contribution is 7.89. The van der Waals surface area contributed by atoms with Crippen LogP contribution < -0.4 is 4.72 Å². The highest BCUT2D eigenvalue weighted by Gasteiger charge is 2.29. The van der Waals surface area contributed by atoms with Gasteiger partial charge in [0.25, 0.3) is 0 Å². The molecule has 0 amide bonds. The molecule has 8 heteroatoms. The summed E-state index contributed by atoms with van der Waals surface area (Å²) in [7, 11) is -3.88. The van der Waals surface area contributed by atoms with Gasteiger partial charge in [0.15, 0.2) is 0 Å². The number of carbonyl (C=O) groups is 2. The zero-order chi connectivity index (χ0) is 17.6. The SMILES string of the molecule is CCC(CC)NS(=O)(=O)c1ccccc1C(CC(=O)O)C(=O)Cl. The smallest absolute Gasteiger partial charge is 0.304 e. The number of nitrogens with one attached hydrogen (secondary N) is 1. The summed E-state index contributed by atoms with van der Waals surface area (Å²) in [5.41, 5.74) is 0.0911. The lowest BCUT2D eigenvalue weighted by Gasteiger charge is -2.19. The number of carboxylic acid groups (broad SMARTS) is 1. The van der Waals surface area contributed by atoms with Crippen molar-refractivity contribution in [1.82, 2.24) is 4.72 Å². The molecule has 0 spiro atoms. The topological polar surface area (TPSA) is 101 Å². The molecule has 2 N–H and O–H groups in total. The van der Waals surface area contributed by atoms with Crippen molar-refractivity contribution in [2.45, 2.75) is 50.0 Å². The lowest BCUT2D eigenvalue weighted by Crippen LogP contribution is -2.34. The summed E-state index contributed by atoms with van der Waals surface area (Å²) in [6.45, 7) is 3.72. The molecule has 0 bridgehead atoms. The maximum Gasteiger partial charge on any atom is 0.304 e. The lowest BCUT2D eigenvalue weighted by atomic mass is 9.97. The van der Waals surface area contributed by atoms with Crippen molar-refractivity contribution < 1.29 is 23.1 Å². The molecule has 0 aromatic heterocycles. The first-order valence-electron chi connectivity index (χ1n) is 7.25.